The minimum Gasteiger partial charge on any atom is -0.396 e. The first-order chi connectivity index (χ1) is 8.31. The van der Waals surface area contributed by atoms with Crippen molar-refractivity contribution in [2.45, 2.75) is 6.42 Å². The van der Waals surface area contributed by atoms with Gasteiger partial charge in [0.25, 0.3) is 0 Å². The smallest absolute Gasteiger partial charge is 0.224 e. The van der Waals surface area contributed by atoms with Gasteiger partial charge in [-0.25, -0.2) is 9.97 Å². The normalized spacial score (nSPS) is 10.5. The topological polar surface area (TPSA) is 58.0 Å². The van der Waals surface area contributed by atoms with Gasteiger partial charge in [0, 0.05) is 24.2 Å². The van der Waals surface area contributed by atoms with E-state index in [1.54, 1.807) is 17.5 Å². The van der Waals surface area contributed by atoms with Crippen LogP contribution in [0.2, 0.25) is 5.28 Å². The molecule has 0 aliphatic rings. The predicted octanol–water partition coefficient (Wildman–Crippen LogP) is 2.65. The van der Waals surface area contributed by atoms with Gasteiger partial charge in [0.1, 0.15) is 5.82 Å². The van der Waals surface area contributed by atoms with Crippen molar-refractivity contribution in [2.75, 3.05) is 18.5 Å². The summed E-state index contributed by atoms with van der Waals surface area (Å²) in [5, 5.41) is 14.1. The van der Waals surface area contributed by atoms with Crippen LogP contribution in [0.3, 0.4) is 0 Å². The van der Waals surface area contributed by atoms with Gasteiger partial charge in [-0.15, -0.1) is 11.3 Å². The molecule has 0 bridgehead atoms. The van der Waals surface area contributed by atoms with Gasteiger partial charge in [0.2, 0.25) is 5.28 Å². The zero-order valence-corrected chi connectivity index (χ0v) is 10.6. The summed E-state index contributed by atoms with van der Waals surface area (Å²) in [7, 11) is 0. The van der Waals surface area contributed by atoms with E-state index in [2.05, 4.69) is 15.3 Å². The molecule has 0 atom stereocenters. The molecule has 2 heterocycles. The molecule has 90 valence electrons. The van der Waals surface area contributed by atoms with E-state index in [1.165, 1.54) is 0 Å². The van der Waals surface area contributed by atoms with E-state index in [0.29, 0.717) is 18.8 Å². The number of rotatable bonds is 5. The third kappa shape index (κ3) is 3.15. The summed E-state index contributed by atoms with van der Waals surface area (Å²) in [4.78, 5) is 9.26. The first-order valence-electron chi connectivity index (χ1n) is 5.22. The lowest BCUT2D eigenvalue weighted by molar-refractivity contribution is 0.292. The van der Waals surface area contributed by atoms with Crippen LogP contribution >= 0.6 is 22.9 Å². The molecule has 0 amide bonds. The molecule has 6 heteroatoms. The standard InChI is InChI=1S/C11H12ClN3OS/c12-11-14-7-8(9-3-1-6-17-9)10(15-11)13-4-2-5-16/h1,3,6-7,16H,2,4-5H2,(H,13,14,15). The van der Waals surface area contributed by atoms with Crippen molar-refractivity contribution in [3.8, 4) is 10.4 Å². The van der Waals surface area contributed by atoms with Gasteiger partial charge in [-0.1, -0.05) is 6.07 Å². The molecule has 0 radical (unpaired) electrons. The Hall–Kier alpha value is -1.17. The van der Waals surface area contributed by atoms with Gasteiger partial charge in [0.05, 0.1) is 5.56 Å². The third-order valence-electron chi connectivity index (χ3n) is 2.17. The van der Waals surface area contributed by atoms with Crippen LogP contribution in [0.15, 0.2) is 23.7 Å². The zero-order chi connectivity index (χ0) is 12.1. The molecule has 0 saturated heterocycles. The van der Waals surface area contributed by atoms with E-state index in [-0.39, 0.29) is 11.9 Å². The zero-order valence-electron chi connectivity index (χ0n) is 9.06. The molecule has 0 aromatic carbocycles. The van der Waals surface area contributed by atoms with Crippen molar-refractivity contribution in [1.82, 2.24) is 9.97 Å². The van der Waals surface area contributed by atoms with Crippen LogP contribution in [-0.2, 0) is 0 Å². The van der Waals surface area contributed by atoms with Gasteiger partial charge < -0.3 is 10.4 Å². The monoisotopic (exact) mass is 269 g/mol. The van der Waals surface area contributed by atoms with Crippen LogP contribution in [0, 0.1) is 0 Å². The van der Waals surface area contributed by atoms with E-state index in [9.17, 15) is 0 Å². The molecule has 0 aliphatic carbocycles. The summed E-state index contributed by atoms with van der Waals surface area (Å²) < 4.78 is 0. The van der Waals surface area contributed by atoms with Crippen molar-refractivity contribution < 1.29 is 5.11 Å². The van der Waals surface area contributed by atoms with Crippen LogP contribution in [-0.4, -0.2) is 28.2 Å². The third-order valence-corrected chi connectivity index (χ3v) is 3.26. The summed E-state index contributed by atoms with van der Waals surface area (Å²) in [5.74, 6) is 0.709. The summed E-state index contributed by atoms with van der Waals surface area (Å²) in [5.41, 5.74) is 0.933. The molecule has 0 fully saturated rings. The largest absolute Gasteiger partial charge is 0.396 e. The molecule has 2 rings (SSSR count). The van der Waals surface area contributed by atoms with Gasteiger partial charge >= 0.3 is 0 Å². The molecule has 4 nitrogen and oxygen atoms in total. The fourth-order valence-electron chi connectivity index (χ4n) is 1.39. The van der Waals surface area contributed by atoms with Crippen molar-refractivity contribution in [1.29, 1.82) is 0 Å². The second-order valence-corrected chi connectivity index (χ2v) is 4.67. The number of halogens is 1. The average Bonchev–Trinajstić information content (AvgIpc) is 2.83. The first-order valence-corrected chi connectivity index (χ1v) is 6.48. The molecular formula is C11H12ClN3OS. The van der Waals surface area contributed by atoms with Gasteiger partial charge in [-0.05, 0) is 29.5 Å². The molecule has 0 saturated carbocycles. The molecule has 2 aromatic heterocycles. The van der Waals surface area contributed by atoms with Crippen molar-refractivity contribution in [2.24, 2.45) is 0 Å². The van der Waals surface area contributed by atoms with Gasteiger partial charge in [0.15, 0.2) is 0 Å². The number of hydrogen-bond donors (Lipinski definition) is 2. The maximum absolute atomic E-state index is 8.76. The molecule has 0 spiro atoms. The second kappa shape index (κ2) is 5.95. The van der Waals surface area contributed by atoms with Crippen molar-refractivity contribution in [3.05, 3.63) is 29.0 Å². The lowest BCUT2D eigenvalue weighted by Gasteiger charge is -2.09. The van der Waals surface area contributed by atoms with Crippen LogP contribution in [0.5, 0.6) is 0 Å². The second-order valence-electron chi connectivity index (χ2n) is 3.38. The van der Waals surface area contributed by atoms with Gasteiger partial charge in [-0.3, -0.25) is 0 Å². The molecule has 0 unspecified atom stereocenters. The lowest BCUT2D eigenvalue weighted by Crippen LogP contribution is -2.06. The van der Waals surface area contributed by atoms with Crippen molar-refractivity contribution >= 4 is 28.8 Å². The van der Waals surface area contributed by atoms with E-state index in [4.69, 9.17) is 16.7 Å². The summed E-state index contributed by atoms with van der Waals surface area (Å²) in [6, 6.07) is 3.99. The van der Waals surface area contributed by atoms with Crippen molar-refractivity contribution in [3.63, 3.8) is 0 Å². The van der Waals surface area contributed by atoms with E-state index in [1.807, 2.05) is 17.5 Å². The minimum atomic E-state index is 0.153. The van der Waals surface area contributed by atoms with Gasteiger partial charge in [-0.2, -0.15) is 0 Å². The molecule has 0 aliphatic heterocycles. The fraction of sp³-hybridized carbons (Fsp3) is 0.273. The van der Waals surface area contributed by atoms with E-state index < -0.39 is 0 Å². The highest BCUT2D eigenvalue weighted by atomic mass is 35.5. The number of thiophene rings is 1. The minimum absolute atomic E-state index is 0.153. The quantitative estimate of drug-likeness (QED) is 0.647. The maximum atomic E-state index is 8.76. The number of aliphatic hydroxyl groups is 1. The number of aromatic nitrogens is 2. The Kier molecular flexibility index (Phi) is 4.30. The summed E-state index contributed by atoms with van der Waals surface area (Å²) >= 11 is 7.41. The van der Waals surface area contributed by atoms with Crippen LogP contribution in [0.4, 0.5) is 5.82 Å². The Bertz CT molecular complexity index is 476. The molecular weight excluding hydrogens is 258 g/mol. The van der Waals surface area contributed by atoms with Crippen LogP contribution in [0.1, 0.15) is 6.42 Å². The lowest BCUT2D eigenvalue weighted by atomic mass is 10.2. The highest BCUT2D eigenvalue weighted by Crippen LogP contribution is 2.30. The fourth-order valence-corrected chi connectivity index (χ4v) is 2.26. The number of nitrogens with one attached hydrogen (secondary N) is 1. The molecule has 2 N–H and O–H groups in total. The average molecular weight is 270 g/mol. The predicted molar refractivity (Wildman–Crippen MR) is 70.5 cm³/mol. The Labute approximate surface area is 108 Å². The number of nitrogens with zero attached hydrogens (tertiary/aromatic N) is 2. The Morgan fingerprint density at radius 1 is 1.47 bits per heavy atom. The highest BCUT2D eigenvalue weighted by molar-refractivity contribution is 7.13. The van der Waals surface area contributed by atoms with Crippen LogP contribution in [0.25, 0.3) is 10.4 Å². The van der Waals surface area contributed by atoms with E-state index in [0.717, 1.165) is 10.4 Å². The maximum Gasteiger partial charge on any atom is 0.224 e. The number of anilines is 1. The highest BCUT2D eigenvalue weighted by Gasteiger charge is 2.08. The Balaban J connectivity index is 2.25. The van der Waals surface area contributed by atoms with Crippen LogP contribution < -0.4 is 5.32 Å². The SMILES string of the molecule is OCCCNc1nc(Cl)ncc1-c1cccs1. The first kappa shape index (κ1) is 12.3. The Morgan fingerprint density at radius 3 is 3.06 bits per heavy atom. The summed E-state index contributed by atoms with van der Waals surface area (Å²) in [6.07, 6.45) is 2.38. The number of aliphatic hydroxyl groups excluding tert-OH is 1. The molecule has 2 aromatic rings. The van der Waals surface area contributed by atoms with E-state index >= 15 is 0 Å². The Morgan fingerprint density at radius 2 is 2.35 bits per heavy atom. The summed E-state index contributed by atoms with van der Waals surface area (Å²) in [6.45, 7) is 0.808. The number of hydrogen-bond acceptors (Lipinski definition) is 5. The molecule has 17 heavy (non-hydrogen) atoms.